The highest BCUT2D eigenvalue weighted by molar-refractivity contribution is 7.15. The number of carbonyl (C=O) groups is 2. The number of thiazole rings is 1. The van der Waals surface area contributed by atoms with Gasteiger partial charge in [0, 0.05) is 68.4 Å². The highest BCUT2D eigenvalue weighted by atomic mass is 32.1. The molecule has 2 aromatic heterocycles. The first-order valence-corrected chi connectivity index (χ1v) is 13.2. The lowest BCUT2D eigenvalue weighted by Gasteiger charge is -2.30. The Bertz CT molecular complexity index is 1120. The summed E-state index contributed by atoms with van der Waals surface area (Å²) in [6, 6.07) is 8.38. The van der Waals surface area contributed by atoms with E-state index in [-0.39, 0.29) is 24.7 Å². The van der Waals surface area contributed by atoms with Crippen molar-refractivity contribution < 1.29 is 19.1 Å². The van der Waals surface area contributed by atoms with Crippen LogP contribution in [0.15, 0.2) is 35.8 Å². The van der Waals surface area contributed by atoms with Crippen molar-refractivity contribution in [3.63, 3.8) is 0 Å². The summed E-state index contributed by atoms with van der Waals surface area (Å²) >= 11 is 1.61. The molecule has 9 heteroatoms. The van der Waals surface area contributed by atoms with Gasteiger partial charge in [-0.15, -0.1) is 11.3 Å². The molecule has 188 valence electrons. The van der Waals surface area contributed by atoms with E-state index < -0.39 is 0 Å². The number of rotatable bonds is 11. The van der Waals surface area contributed by atoms with Gasteiger partial charge in [0.2, 0.25) is 5.91 Å². The molecule has 8 nitrogen and oxygen atoms in total. The summed E-state index contributed by atoms with van der Waals surface area (Å²) in [5, 5.41) is 2.12. The number of aryl methyl sites for hydroxylation is 1. The Labute approximate surface area is 210 Å². The summed E-state index contributed by atoms with van der Waals surface area (Å²) in [6.45, 7) is 9.43. The summed E-state index contributed by atoms with van der Waals surface area (Å²) in [7, 11) is 0. The Morgan fingerprint density at radius 1 is 1.14 bits per heavy atom. The molecule has 3 aromatic rings. The maximum absolute atomic E-state index is 13.0. The van der Waals surface area contributed by atoms with E-state index >= 15 is 0 Å². The van der Waals surface area contributed by atoms with Crippen molar-refractivity contribution in [1.82, 2.24) is 19.2 Å². The first-order valence-electron chi connectivity index (χ1n) is 12.3. The number of ether oxygens (including phenoxy) is 2. The molecule has 0 saturated carbocycles. The van der Waals surface area contributed by atoms with Crippen LogP contribution in [0.5, 0.6) is 0 Å². The Morgan fingerprint density at radius 3 is 2.66 bits per heavy atom. The predicted octanol–water partition coefficient (Wildman–Crippen LogP) is 3.42. The molecule has 1 amide bonds. The van der Waals surface area contributed by atoms with E-state index in [4.69, 9.17) is 14.5 Å². The number of aromatic nitrogens is 2. The average Bonchev–Trinajstić information content (AvgIpc) is 3.45. The lowest BCUT2D eigenvalue weighted by atomic mass is 10.1. The molecule has 4 rings (SSSR count). The normalized spacial score (nSPS) is 14.3. The van der Waals surface area contributed by atoms with E-state index in [2.05, 4.69) is 52.1 Å². The molecule has 0 radical (unpaired) electrons. The summed E-state index contributed by atoms with van der Waals surface area (Å²) < 4.78 is 12.6. The van der Waals surface area contributed by atoms with Crippen LogP contribution in [-0.2, 0) is 25.5 Å². The molecule has 0 bridgehead atoms. The third kappa shape index (κ3) is 6.90. The van der Waals surface area contributed by atoms with E-state index in [0.717, 1.165) is 61.2 Å². The van der Waals surface area contributed by atoms with Crippen LogP contribution < -0.4 is 0 Å². The molecule has 1 aromatic carbocycles. The lowest BCUT2D eigenvalue weighted by Crippen LogP contribution is -2.43. The number of benzene rings is 1. The summed E-state index contributed by atoms with van der Waals surface area (Å²) in [4.78, 5) is 34.7. The van der Waals surface area contributed by atoms with Crippen molar-refractivity contribution in [3.8, 4) is 11.3 Å². The summed E-state index contributed by atoms with van der Waals surface area (Å²) in [5.41, 5.74) is 4.40. The van der Waals surface area contributed by atoms with Crippen molar-refractivity contribution >= 4 is 28.2 Å². The molecule has 35 heavy (non-hydrogen) atoms. The van der Waals surface area contributed by atoms with Crippen LogP contribution in [0.1, 0.15) is 31.0 Å². The summed E-state index contributed by atoms with van der Waals surface area (Å²) in [5.74, 6) is -0.334. The zero-order chi connectivity index (χ0) is 24.6. The van der Waals surface area contributed by atoms with Gasteiger partial charge in [-0.05, 0) is 13.8 Å². The fourth-order valence-electron chi connectivity index (χ4n) is 4.17. The minimum absolute atomic E-state index is 0.0104. The summed E-state index contributed by atoms with van der Waals surface area (Å²) in [6.07, 6.45) is 3.08. The van der Waals surface area contributed by atoms with Crippen LogP contribution in [0.4, 0.5) is 0 Å². The molecule has 0 unspecified atom stereocenters. The Morgan fingerprint density at radius 2 is 1.91 bits per heavy atom. The van der Waals surface area contributed by atoms with Crippen molar-refractivity contribution in [1.29, 1.82) is 0 Å². The topological polar surface area (TPSA) is 76.4 Å². The molecule has 1 fully saturated rings. The maximum Gasteiger partial charge on any atom is 0.306 e. The smallest absolute Gasteiger partial charge is 0.306 e. The molecular weight excluding hydrogens is 464 g/mol. The van der Waals surface area contributed by atoms with E-state index in [0.29, 0.717) is 19.7 Å². The van der Waals surface area contributed by atoms with Gasteiger partial charge in [0.1, 0.15) is 0 Å². The van der Waals surface area contributed by atoms with Gasteiger partial charge in [-0.1, -0.05) is 29.8 Å². The third-order valence-electron chi connectivity index (χ3n) is 6.26. The standard InChI is InChI=1S/C26H34N4O4S/c1-3-34-25(32)9-8-24(31)29(13-12-28-14-16-33-17-15-28)11-10-22-19-35-26-27-23(18-30(22)26)21-6-4-20(2)5-7-21/h4-7,18-19H,3,8-17H2,1-2H3. The SMILES string of the molecule is CCOC(=O)CCC(=O)N(CCc1csc2nc(-c3ccc(C)cc3)cn12)CCN1CCOCC1. The van der Waals surface area contributed by atoms with Gasteiger partial charge in [-0.25, -0.2) is 4.98 Å². The van der Waals surface area contributed by atoms with E-state index in [1.54, 1.807) is 18.3 Å². The number of esters is 1. The van der Waals surface area contributed by atoms with Gasteiger partial charge in [0.05, 0.1) is 31.9 Å². The minimum Gasteiger partial charge on any atom is -0.466 e. The first-order chi connectivity index (χ1) is 17.0. The van der Waals surface area contributed by atoms with Crippen molar-refractivity contribution in [3.05, 3.63) is 47.1 Å². The van der Waals surface area contributed by atoms with Crippen LogP contribution in [-0.4, -0.2) is 83.6 Å². The van der Waals surface area contributed by atoms with E-state index in [1.807, 2.05) is 4.90 Å². The quantitative estimate of drug-likeness (QED) is 0.377. The van der Waals surface area contributed by atoms with Crippen LogP contribution in [0.2, 0.25) is 0 Å². The lowest BCUT2D eigenvalue weighted by molar-refractivity contribution is -0.145. The van der Waals surface area contributed by atoms with Gasteiger partial charge in [0.25, 0.3) is 0 Å². The highest BCUT2D eigenvalue weighted by Crippen LogP contribution is 2.24. The van der Waals surface area contributed by atoms with Crippen LogP contribution in [0, 0.1) is 6.92 Å². The van der Waals surface area contributed by atoms with Crippen LogP contribution >= 0.6 is 11.3 Å². The van der Waals surface area contributed by atoms with Gasteiger partial charge >= 0.3 is 5.97 Å². The Balaban J connectivity index is 1.42. The minimum atomic E-state index is -0.324. The van der Waals surface area contributed by atoms with Crippen LogP contribution in [0.3, 0.4) is 0 Å². The molecule has 3 heterocycles. The van der Waals surface area contributed by atoms with E-state index in [1.165, 1.54) is 5.56 Å². The fourth-order valence-corrected chi connectivity index (χ4v) is 5.08. The molecule has 0 N–H and O–H groups in total. The number of morpholine rings is 1. The third-order valence-corrected chi connectivity index (χ3v) is 7.15. The number of hydrogen-bond donors (Lipinski definition) is 0. The molecule has 1 aliphatic heterocycles. The number of fused-ring (bicyclic) bond motifs is 1. The molecule has 0 aliphatic carbocycles. The molecule has 0 spiro atoms. The van der Waals surface area contributed by atoms with Gasteiger partial charge < -0.3 is 14.4 Å². The number of amides is 1. The molecule has 1 aliphatic rings. The Kier molecular flexibility index (Phi) is 8.90. The largest absolute Gasteiger partial charge is 0.466 e. The highest BCUT2D eigenvalue weighted by Gasteiger charge is 2.19. The molecule has 0 atom stereocenters. The van der Waals surface area contributed by atoms with Crippen molar-refractivity contribution in [2.45, 2.75) is 33.1 Å². The van der Waals surface area contributed by atoms with Gasteiger partial charge in [-0.2, -0.15) is 0 Å². The average molecular weight is 499 g/mol. The second-order valence-electron chi connectivity index (χ2n) is 8.76. The first kappa shape index (κ1) is 25.3. The van der Waals surface area contributed by atoms with Crippen molar-refractivity contribution in [2.24, 2.45) is 0 Å². The monoisotopic (exact) mass is 498 g/mol. The van der Waals surface area contributed by atoms with Crippen molar-refractivity contribution in [2.75, 3.05) is 52.5 Å². The molecular formula is C26H34N4O4S. The maximum atomic E-state index is 13.0. The number of imidazole rings is 1. The number of nitrogens with zero attached hydrogens (tertiary/aromatic N) is 4. The fraction of sp³-hybridized carbons (Fsp3) is 0.500. The zero-order valence-electron chi connectivity index (χ0n) is 20.6. The molecule has 1 saturated heterocycles. The van der Waals surface area contributed by atoms with Gasteiger partial charge in [-0.3, -0.25) is 18.9 Å². The number of hydrogen-bond acceptors (Lipinski definition) is 7. The van der Waals surface area contributed by atoms with E-state index in [9.17, 15) is 9.59 Å². The number of carbonyl (C=O) groups excluding carboxylic acids is 2. The second kappa shape index (κ2) is 12.3. The van der Waals surface area contributed by atoms with Crippen LogP contribution in [0.25, 0.3) is 16.2 Å². The Hall–Kier alpha value is -2.75. The second-order valence-corrected chi connectivity index (χ2v) is 9.60. The predicted molar refractivity (Wildman–Crippen MR) is 137 cm³/mol. The zero-order valence-corrected chi connectivity index (χ0v) is 21.4. The van der Waals surface area contributed by atoms with Gasteiger partial charge in [0.15, 0.2) is 4.96 Å².